The number of rotatable bonds is 6. The van der Waals surface area contributed by atoms with E-state index in [-0.39, 0.29) is 11.8 Å². The van der Waals surface area contributed by atoms with Gasteiger partial charge in [-0.25, -0.2) is 5.10 Å². The van der Waals surface area contributed by atoms with Crippen molar-refractivity contribution in [2.24, 2.45) is 5.73 Å². The van der Waals surface area contributed by atoms with Gasteiger partial charge in [0.1, 0.15) is 6.04 Å². The molecule has 2 amide bonds. The number of hydrogen-bond acceptors (Lipinski definition) is 6. The molecule has 4 aromatic rings. The van der Waals surface area contributed by atoms with E-state index >= 15 is 0 Å². The maximum Gasteiger partial charge on any atom is 0.249 e. The average Bonchev–Trinajstić information content (AvgIpc) is 3.41. The third-order valence-electron chi connectivity index (χ3n) is 6.41. The molecule has 1 aromatic heterocycles. The van der Waals surface area contributed by atoms with E-state index in [9.17, 15) is 9.59 Å². The van der Waals surface area contributed by atoms with Gasteiger partial charge in [0, 0.05) is 11.3 Å². The molecule has 0 unspecified atom stereocenters. The Morgan fingerprint density at radius 1 is 1.08 bits per heavy atom. The van der Waals surface area contributed by atoms with E-state index < -0.39 is 12.1 Å². The molecular formula is C27H27N7O2. The van der Waals surface area contributed by atoms with Crippen molar-refractivity contribution >= 4 is 17.5 Å². The van der Waals surface area contributed by atoms with Crippen LogP contribution in [0.4, 0.5) is 5.69 Å². The smallest absolute Gasteiger partial charge is 0.249 e. The van der Waals surface area contributed by atoms with E-state index in [1.807, 2.05) is 72.8 Å². The number of nitrogens with zero attached hydrogens (tertiary/aromatic N) is 4. The first-order valence-electron chi connectivity index (χ1n) is 11.9. The van der Waals surface area contributed by atoms with Crippen LogP contribution < -0.4 is 16.0 Å². The van der Waals surface area contributed by atoms with Crippen LogP contribution in [0.25, 0.3) is 22.5 Å². The fourth-order valence-electron chi connectivity index (χ4n) is 4.50. The van der Waals surface area contributed by atoms with E-state index in [1.165, 1.54) is 0 Å². The van der Waals surface area contributed by atoms with Crippen LogP contribution in [-0.2, 0) is 22.6 Å². The standard InChI is InChI=1S/C27H27N7O2/c1-17(28)26(35)29-23-15-14-20-6-2-5-9-24(20)34(27(23)36)16-18-10-12-19(13-11-18)21-7-3-4-8-22(21)25-30-32-33-31-25/h2-13,17,23H,14-16,28H2,1H3,(H,29,35)(H,30,31,32,33)/t17-,23-/m1/s1. The van der Waals surface area contributed by atoms with Crippen molar-refractivity contribution in [2.75, 3.05) is 4.90 Å². The lowest BCUT2D eigenvalue weighted by molar-refractivity contribution is -0.128. The van der Waals surface area contributed by atoms with Crippen LogP contribution in [0.2, 0.25) is 0 Å². The Hall–Kier alpha value is -4.37. The minimum Gasteiger partial charge on any atom is -0.343 e. The van der Waals surface area contributed by atoms with Gasteiger partial charge in [0.2, 0.25) is 11.8 Å². The van der Waals surface area contributed by atoms with Crippen LogP contribution in [-0.4, -0.2) is 44.5 Å². The van der Waals surface area contributed by atoms with E-state index in [2.05, 4.69) is 25.9 Å². The maximum atomic E-state index is 13.6. The number of nitrogens with one attached hydrogen (secondary N) is 2. The quantitative estimate of drug-likeness (QED) is 0.388. The van der Waals surface area contributed by atoms with Crippen molar-refractivity contribution in [2.45, 2.75) is 38.4 Å². The van der Waals surface area contributed by atoms with E-state index in [4.69, 9.17) is 5.73 Å². The Kier molecular flexibility index (Phi) is 6.55. The van der Waals surface area contributed by atoms with Gasteiger partial charge in [-0.15, -0.1) is 5.10 Å². The Morgan fingerprint density at radius 2 is 1.81 bits per heavy atom. The molecule has 1 aliphatic heterocycles. The molecule has 36 heavy (non-hydrogen) atoms. The van der Waals surface area contributed by atoms with Gasteiger partial charge < -0.3 is 16.0 Å². The monoisotopic (exact) mass is 481 g/mol. The predicted molar refractivity (Wildman–Crippen MR) is 137 cm³/mol. The van der Waals surface area contributed by atoms with Gasteiger partial charge in [0.25, 0.3) is 0 Å². The minimum atomic E-state index is -0.681. The summed E-state index contributed by atoms with van der Waals surface area (Å²) in [6, 6.07) is 22.6. The summed E-state index contributed by atoms with van der Waals surface area (Å²) in [6.45, 7) is 2.00. The molecule has 0 spiro atoms. The normalized spacial score (nSPS) is 16.2. The second-order valence-corrected chi connectivity index (χ2v) is 8.93. The topological polar surface area (TPSA) is 130 Å². The number of fused-ring (bicyclic) bond motifs is 1. The molecule has 0 aliphatic carbocycles. The average molecular weight is 482 g/mol. The van der Waals surface area contributed by atoms with E-state index in [0.717, 1.165) is 33.5 Å². The summed E-state index contributed by atoms with van der Waals surface area (Å²) >= 11 is 0. The number of benzene rings is 3. The van der Waals surface area contributed by atoms with Crippen molar-refractivity contribution in [1.82, 2.24) is 25.9 Å². The first-order valence-corrected chi connectivity index (χ1v) is 11.9. The molecule has 2 atom stereocenters. The summed E-state index contributed by atoms with van der Waals surface area (Å²) in [6.07, 6.45) is 1.21. The summed E-state index contributed by atoms with van der Waals surface area (Å²) < 4.78 is 0. The number of aromatic nitrogens is 4. The first kappa shape index (κ1) is 23.4. The molecule has 0 bridgehead atoms. The Labute approximate surface area is 208 Å². The number of amides is 2. The fraction of sp³-hybridized carbons (Fsp3) is 0.222. The van der Waals surface area contributed by atoms with Gasteiger partial charge >= 0.3 is 0 Å². The largest absolute Gasteiger partial charge is 0.343 e. The number of nitrogens with two attached hydrogens (primary N) is 1. The molecule has 4 N–H and O–H groups in total. The lowest BCUT2D eigenvalue weighted by atomic mass is 9.98. The second kappa shape index (κ2) is 10.1. The van der Waals surface area contributed by atoms with Gasteiger partial charge in [-0.05, 0) is 58.5 Å². The number of aryl methyl sites for hydroxylation is 1. The third-order valence-corrected chi connectivity index (χ3v) is 6.41. The molecule has 9 heteroatoms. The van der Waals surface area contributed by atoms with Crippen LogP contribution in [0, 0.1) is 0 Å². The molecule has 1 aliphatic rings. The van der Waals surface area contributed by atoms with Crippen LogP contribution >= 0.6 is 0 Å². The van der Waals surface area contributed by atoms with Crippen LogP contribution in [0.15, 0.2) is 72.8 Å². The summed E-state index contributed by atoms with van der Waals surface area (Å²) in [5.74, 6) is 0.131. The summed E-state index contributed by atoms with van der Waals surface area (Å²) in [4.78, 5) is 27.6. The maximum absolute atomic E-state index is 13.6. The number of tetrazole rings is 1. The Morgan fingerprint density at radius 3 is 2.53 bits per heavy atom. The highest BCUT2D eigenvalue weighted by Crippen LogP contribution is 2.31. The van der Waals surface area contributed by atoms with Crippen molar-refractivity contribution in [3.05, 3.63) is 83.9 Å². The Balaban J connectivity index is 1.43. The molecule has 182 valence electrons. The van der Waals surface area contributed by atoms with Gasteiger partial charge in [0.15, 0.2) is 5.82 Å². The van der Waals surface area contributed by atoms with Gasteiger partial charge in [0.05, 0.1) is 12.6 Å². The van der Waals surface area contributed by atoms with Gasteiger partial charge in [-0.3, -0.25) is 9.59 Å². The van der Waals surface area contributed by atoms with Crippen LogP contribution in [0.1, 0.15) is 24.5 Å². The number of para-hydroxylation sites is 1. The molecular weight excluding hydrogens is 454 g/mol. The fourth-order valence-corrected chi connectivity index (χ4v) is 4.50. The van der Waals surface area contributed by atoms with Crippen molar-refractivity contribution in [3.63, 3.8) is 0 Å². The number of carbonyl (C=O) groups is 2. The molecule has 0 saturated heterocycles. The number of anilines is 1. The van der Waals surface area contributed by atoms with Crippen LogP contribution in [0.3, 0.4) is 0 Å². The zero-order chi connectivity index (χ0) is 25.1. The van der Waals surface area contributed by atoms with Crippen molar-refractivity contribution in [3.8, 4) is 22.5 Å². The molecule has 0 saturated carbocycles. The highest BCUT2D eigenvalue weighted by Gasteiger charge is 2.31. The second-order valence-electron chi connectivity index (χ2n) is 8.93. The van der Waals surface area contributed by atoms with E-state index in [1.54, 1.807) is 11.8 Å². The molecule has 3 aromatic carbocycles. The summed E-state index contributed by atoms with van der Waals surface area (Å²) in [7, 11) is 0. The number of hydrogen-bond donors (Lipinski definition) is 3. The SMILES string of the molecule is C[C@@H](N)C(=O)N[C@@H]1CCc2ccccc2N(Cc2ccc(-c3ccccc3-c3nnn[nH]3)cc2)C1=O. The number of carbonyl (C=O) groups excluding carboxylic acids is 2. The molecule has 0 fully saturated rings. The van der Waals surface area contributed by atoms with Crippen molar-refractivity contribution < 1.29 is 9.59 Å². The number of H-pyrrole nitrogens is 1. The highest BCUT2D eigenvalue weighted by molar-refractivity contribution is 6.00. The summed E-state index contributed by atoms with van der Waals surface area (Å²) in [5, 5.41) is 17.1. The zero-order valence-electron chi connectivity index (χ0n) is 19.9. The summed E-state index contributed by atoms with van der Waals surface area (Å²) in [5.41, 5.74) is 11.6. The zero-order valence-corrected chi connectivity index (χ0v) is 19.9. The lowest BCUT2D eigenvalue weighted by Crippen LogP contribution is -2.51. The molecule has 9 nitrogen and oxygen atoms in total. The minimum absolute atomic E-state index is 0.138. The van der Waals surface area contributed by atoms with Crippen molar-refractivity contribution in [1.29, 1.82) is 0 Å². The van der Waals surface area contributed by atoms with Crippen LogP contribution in [0.5, 0.6) is 0 Å². The molecule has 0 radical (unpaired) electrons. The first-order chi connectivity index (χ1) is 17.5. The highest BCUT2D eigenvalue weighted by atomic mass is 16.2. The lowest BCUT2D eigenvalue weighted by Gasteiger charge is -2.27. The van der Waals surface area contributed by atoms with Gasteiger partial charge in [-0.2, -0.15) is 0 Å². The Bertz CT molecular complexity index is 1370. The number of aromatic amines is 1. The van der Waals surface area contributed by atoms with Gasteiger partial charge in [-0.1, -0.05) is 66.7 Å². The van der Waals surface area contributed by atoms with E-state index in [0.29, 0.717) is 25.2 Å². The third kappa shape index (κ3) is 4.73. The predicted octanol–water partition coefficient (Wildman–Crippen LogP) is 2.85. The molecule has 2 heterocycles. The molecule has 5 rings (SSSR count).